The van der Waals surface area contributed by atoms with Crippen LogP contribution < -0.4 is 21.3 Å². The topological polar surface area (TPSA) is 109 Å². The molecule has 4 aromatic rings. The third-order valence-corrected chi connectivity index (χ3v) is 10.2. The molecule has 4 heterocycles. The maximum Gasteiger partial charge on any atom is 0.302 e. The third-order valence-electron chi connectivity index (χ3n) is 9.18. The molecule has 4 N–H and O–H groups in total. The number of anilines is 2. The molecule has 0 unspecified atom stereocenters. The lowest BCUT2D eigenvalue weighted by Gasteiger charge is -2.40. The fraction of sp³-hybridized carbons (Fsp3) is 0.289. The van der Waals surface area contributed by atoms with E-state index in [2.05, 4.69) is 108 Å². The highest BCUT2D eigenvalue weighted by atomic mass is 79.9. The van der Waals surface area contributed by atoms with E-state index < -0.39 is 11.1 Å². The molecule has 248 valence electrons. The number of nitrogens with one attached hydrogen (secondary N) is 4. The highest BCUT2D eigenvalue weighted by Gasteiger charge is 2.49. The summed E-state index contributed by atoms with van der Waals surface area (Å²) in [6.07, 6.45) is 1.69. The number of rotatable bonds is 1. The van der Waals surface area contributed by atoms with Crippen molar-refractivity contribution in [1.82, 2.24) is 10.6 Å². The minimum atomic E-state index is -0.419. The molecular formula is C38H38Br2N4O4. The maximum absolute atomic E-state index is 12.4. The highest BCUT2D eigenvalue weighted by Crippen LogP contribution is 2.48. The normalized spacial score (nSPS) is 23.7. The standard InChI is InChI=1S/2C17H15BrN2O.C4H8O2/c2*1-10-9-17(14-8-11(18)6-7-15(14)19-10)13-5-3-2-4-12(13)16(21)20-17;1-3-6-4(2)5/h2*2-8,10,19H,9H2,1H3,(H,20,21);3H2,1-2H3/t2*10-,17-;/m11./s1. The molecule has 8 nitrogen and oxygen atoms in total. The van der Waals surface area contributed by atoms with Gasteiger partial charge in [0.1, 0.15) is 0 Å². The quantitative estimate of drug-likeness (QED) is 0.147. The van der Waals surface area contributed by atoms with Crippen molar-refractivity contribution in [1.29, 1.82) is 0 Å². The molecule has 8 rings (SSSR count). The number of amides is 2. The monoisotopic (exact) mass is 772 g/mol. The van der Waals surface area contributed by atoms with Crippen LogP contribution in [0.2, 0.25) is 0 Å². The summed E-state index contributed by atoms with van der Waals surface area (Å²) in [5.41, 5.74) is 7.36. The number of carbonyl (C=O) groups excluding carboxylic acids is 3. The molecule has 0 aliphatic carbocycles. The van der Waals surface area contributed by atoms with Gasteiger partial charge in [-0.2, -0.15) is 0 Å². The van der Waals surface area contributed by atoms with Gasteiger partial charge in [0.2, 0.25) is 0 Å². The molecule has 4 aliphatic heterocycles. The summed E-state index contributed by atoms with van der Waals surface area (Å²) >= 11 is 7.10. The fourth-order valence-corrected chi connectivity index (χ4v) is 8.20. The smallest absolute Gasteiger partial charge is 0.302 e. The number of hydrogen-bond donors (Lipinski definition) is 4. The van der Waals surface area contributed by atoms with Crippen LogP contribution in [0.25, 0.3) is 0 Å². The van der Waals surface area contributed by atoms with Crippen LogP contribution >= 0.6 is 31.9 Å². The SMILES string of the molecule is CCOC(C)=O.C[C@@H]1C[C@]2(NC(=O)c3ccccc32)c2cc(Br)ccc2N1.C[C@@H]1C[C@]2(NC(=O)c3ccccc32)c2cc(Br)ccc2N1. The van der Waals surface area contributed by atoms with Crippen LogP contribution in [0.15, 0.2) is 93.9 Å². The summed E-state index contributed by atoms with van der Waals surface area (Å²) < 4.78 is 6.45. The minimum absolute atomic E-state index is 0.0191. The van der Waals surface area contributed by atoms with Crippen LogP contribution in [0, 0.1) is 0 Å². The summed E-state index contributed by atoms with van der Waals surface area (Å²) in [7, 11) is 0. The Morgan fingerprint density at radius 1 is 0.708 bits per heavy atom. The van der Waals surface area contributed by atoms with E-state index in [0.717, 1.165) is 66.5 Å². The van der Waals surface area contributed by atoms with Gasteiger partial charge in [-0.25, -0.2) is 0 Å². The van der Waals surface area contributed by atoms with Gasteiger partial charge in [-0.1, -0.05) is 68.3 Å². The van der Waals surface area contributed by atoms with Gasteiger partial charge in [0.05, 0.1) is 17.7 Å². The predicted molar refractivity (Wildman–Crippen MR) is 195 cm³/mol. The number of ether oxygens (including phenoxy) is 1. The molecule has 0 saturated carbocycles. The summed E-state index contributed by atoms with van der Waals surface area (Å²) in [4.78, 5) is 34.6. The van der Waals surface area contributed by atoms with E-state index in [0.29, 0.717) is 18.7 Å². The first-order valence-corrected chi connectivity index (χ1v) is 17.7. The average molecular weight is 775 g/mol. The van der Waals surface area contributed by atoms with Crippen molar-refractivity contribution < 1.29 is 19.1 Å². The number of halogens is 2. The first-order chi connectivity index (χ1) is 23.0. The third kappa shape index (κ3) is 6.12. The maximum atomic E-state index is 12.4. The second kappa shape index (κ2) is 13.4. The Bertz CT molecular complexity index is 1790. The predicted octanol–water partition coefficient (Wildman–Crippen LogP) is 7.85. The Kier molecular flexibility index (Phi) is 9.42. The zero-order chi connectivity index (χ0) is 34.2. The van der Waals surface area contributed by atoms with Gasteiger partial charge in [-0.05, 0) is 93.3 Å². The first kappa shape index (κ1) is 33.7. The molecule has 4 atom stereocenters. The van der Waals surface area contributed by atoms with E-state index in [9.17, 15) is 14.4 Å². The first-order valence-electron chi connectivity index (χ1n) is 16.1. The zero-order valence-corrected chi connectivity index (χ0v) is 30.4. The van der Waals surface area contributed by atoms with Crippen molar-refractivity contribution in [3.63, 3.8) is 0 Å². The number of carbonyl (C=O) groups is 3. The Labute approximate surface area is 297 Å². The Hall–Kier alpha value is -4.15. The van der Waals surface area contributed by atoms with E-state index in [-0.39, 0.29) is 17.8 Å². The van der Waals surface area contributed by atoms with Crippen molar-refractivity contribution in [3.05, 3.63) is 127 Å². The number of hydrogen-bond acceptors (Lipinski definition) is 6. The molecule has 0 radical (unpaired) electrons. The van der Waals surface area contributed by atoms with Gasteiger partial charge >= 0.3 is 5.97 Å². The molecule has 0 saturated heterocycles. The molecule has 0 aromatic heterocycles. The number of benzene rings is 4. The zero-order valence-electron chi connectivity index (χ0n) is 27.2. The fourth-order valence-electron chi connectivity index (χ4n) is 7.48. The molecule has 2 spiro atoms. The molecule has 4 aromatic carbocycles. The van der Waals surface area contributed by atoms with Crippen molar-refractivity contribution >= 4 is 61.0 Å². The van der Waals surface area contributed by atoms with Crippen LogP contribution in [0.1, 0.15) is 83.5 Å². The molecular weight excluding hydrogens is 736 g/mol. The van der Waals surface area contributed by atoms with Crippen LogP contribution in [0.3, 0.4) is 0 Å². The second-order valence-electron chi connectivity index (χ2n) is 12.6. The van der Waals surface area contributed by atoms with Gasteiger partial charge in [-0.3, -0.25) is 14.4 Å². The number of fused-ring (bicyclic) bond motifs is 8. The van der Waals surface area contributed by atoms with Gasteiger partial charge in [-0.15, -0.1) is 0 Å². The minimum Gasteiger partial charge on any atom is -0.466 e. The largest absolute Gasteiger partial charge is 0.466 e. The molecule has 0 bridgehead atoms. The van der Waals surface area contributed by atoms with Crippen LogP contribution in [0.4, 0.5) is 11.4 Å². The summed E-state index contributed by atoms with van der Waals surface area (Å²) in [6.45, 7) is 7.96. The van der Waals surface area contributed by atoms with Crippen molar-refractivity contribution in [2.45, 2.75) is 63.7 Å². The van der Waals surface area contributed by atoms with Gasteiger partial charge < -0.3 is 26.0 Å². The Morgan fingerprint density at radius 3 is 1.50 bits per heavy atom. The number of esters is 1. The van der Waals surface area contributed by atoms with Crippen LogP contribution in [-0.2, 0) is 20.6 Å². The molecule has 48 heavy (non-hydrogen) atoms. The van der Waals surface area contributed by atoms with E-state index in [1.165, 1.54) is 6.92 Å². The van der Waals surface area contributed by atoms with Crippen LogP contribution in [-0.4, -0.2) is 36.5 Å². The van der Waals surface area contributed by atoms with Crippen molar-refractivity contribution in [2.75, 3.05) is 17.2 Å². The molecule has 10 heteroatoms. The molecule has 4 aliphatic rings. The lowest BCUT2D eigenvalue weighted by molar-refractivity contribution is -0.140. The van der Waals surface area contributed by atoms with E-state index >= 15 is 0 Å². The average Bonchev–Trinajstić information content (AvgIpc) is 3.49. The van der Waals surface area contributed by atoms with Gasteiger partial charge in [0.15, 0.2) is 0 Å². The highest BCUT2D eigenvalue weighted by molar-refractivity contribution is 9.10. The summed E-state index contributed by atoms with van der Waals surface area (Å²) in [5, 5.41) is 13.5. The molecule has 2 amide bonds. The summed E-state index contributed by atoms with van der Waals surface area (Å²) in [5.74, 6) is -0.172. The van der Waals surface area contributed by atoms with Crippen molar-refractivity contribution in [3.8, 4) is 0 Å². The summed E-state index contributed by atoms with van der Waals surface area (Å²) in [6, 6.07) is 28.8. The Morgan fingerprint density at radius 2 is 1.12 bits per heavy atom. The van der Waals surface area contributed by atoms with E-state index in [4.69, 9.17) is 0 Å². The van der Waals surface area contributed by atoms with Gasteiger partial charge in [0.25, 0.3) is 11.8 Å². The lowest BCUT2D eigenvalue weighted by Crippen LogP contribution is -2.47. The second-order valence-corrected chi connectivity index (χ2v) is 14.4. The van der Waals surface area contributed by atoms with Gasteiger partial charge in [0, 0.05) is 61.6 Å². The van der Waals surface area contributed by atoms with Crippen molar-refractivity contribution in [2.24, 2.45) is 0 Å². The molecule has 0 fully saturated rings. The lowest BCUT2D eigenvalue weighted by atomic mass is 9.76. The van der Waals surface area contributed by atoms with E-state index in [1.54, 1.807) is 6.92 Å². The van der Waals surface area contributed by atoms with Crippen LogP contribution in [0.5, 0.6) is 0 Å². The van der Waals surface area contributed by atoms with E-state index in [1.807, 2.05) is 48.5 Å². The Balaban J connectivity index is 0.000000144.